The van der Waals surface area contributed by atoms with Crippen molar-refractivity contribution in [1.29, 1.82) is 0 Å². The molecule has 1 N–H and O–H groups in total. The maximum absolute atomic E-state index is 11.0. The molecule has 0 bridgehead atoms. The van der Waals surface area contributed by atoms with Crippen LogP contribution in [0.25, 0.3) is 0 Å². The van der Waals surface area contributed by atoms with Gasteiger partial charge in [-0.2, -0.15) is 0 Å². The molecule has 2 rings (SSSR count). The van der Waals surface area contributed by atoms with Gasteiger partial charge in [-0.1, -0.05) is 12.1 Å². The molecular weight excluding hydrogens is 254 g/mol. The molecule has 1 aromatic carbocycles. The fourth-order valence-electron chi connectivity index (χ4n) is 1.69. The molecule has 0 atom stereocenters. The van der Waals surface area contributed by atoms with Crippen LogP contribution in [0.1, 0.15) is 19.5 Å². The molecule has 1 heterocycles. The summed E-state index contributed by atoms with van der Waals surface area (Å²) in [6.07, 6.45) is 3.59. The highest BCUT2D eigenvalue weighted by atomic mass is 16.5. The van der Waals surface area contributed by atoms with Crippen molar-refractivity contribution in [2.75, 3.05) is 12.4 Å². The van der Waals surface area contributed by atoms with Crippen LogP contribution in [0.4, 0.5) is 11.6 Å². The predicted molar refractivity (Wildman–Crippen MR) is 77.0 cm³/mol. The Hall–Kier alpha value is -2.43. The number of carbonyl (C=O) groups excluding carboxylic acids is 1. The summed E-state index contributed by atoms with van der Waals surface area (Å²) in [6, 6.07) is 9.18. The van der Waals surface area contributed by atoms with E-state index in [1.807, 2.05) is 30.6 Å². The Kier molecular flexibility index (Phi) is 3.98. The Bertz CT molecular complexity index is 612. The third-order valence-corrected chi connectivity index (χ3v) is 2.90. The molecule has 0 saturated heterocycles. The van der Waals surface area contributed by atoms with Crippen molar-refractivity contribution in [1.82, 2.24) is 9.97 Å². The standard InChI is InChI=1S/C15H16N3O2/c1-15(2,10-19)13-8-9-16-14(18-13)17-11-6-4-5-7-12(11)20-3/h4-9H,1-3H3,(H,16,17,18). The minimum absolute atomic E-state index is 0.412. The molecule has 0 fully saturated rings. The van der Waals surface area contributed by atoms with Gasteiger partial charge < -0.3 is 10.1 Å². The molecule has 0 aliphatic rings. The monoisotopic (exact) mass is 270 g/mol. The molecule has 0 unspecified atom stereocenters. The van der Waals surface area contributed by atoms with Crippen LogP contribution in [0.5, 0.6) is 5.75 Å². The van der Waals surface area contributed by atoms with Gasteiger partial charge in [0.25, 0.3) is 0 Å². The molecule has 0 aliphatic carbocycles. The summed E-state index contributed by atoms with van der Waals surface area (Å²) in [5.74, 6) is 1.11. The number of methoxy groups -OCH3 is 1. The second-order valence-electron chi connectivity index (χ2n) is 4.82. The SMILES string of the molecule is COc1ccccc1Nc1nccc(C(C)(C)[C]=O)n1. The first-order valence-corrected chi connectivity index (χ1v) is 6.19. The van der Waals surface area contributed by atoms with Gasteiger partial charge in [0.1, 0.15) is 5.75 Å². The molecule has 0 spiro atoms. The second kappa shape index (κ2) is 5.69. The van der Waals surface area contributed by atoms with Gasteiger partial charge in [-0.25, -0.2) is 9.97 Å². The Morgan fingerprint density at radius 3 is 2.70 bits per heavy atom. The van der Waals surface area contributed by atoms with Crippen LogP contribution in [0.15, 0.2) is 36.5 Å². The Balaban J connectivity index is 2.31. The number of aromatic nitrogens is 2. The molecule has 5 heteroatoms. The summed E-state index contributed by atoms with van der Waals surface area (Å²) in [4.78, 5) is 19.5. The van der Waals surface area contributed by atoms with Crippen LogP contribution in [0.2, 0.25) is 0 Å². The zero-order valence-corrected chi connectivity index (χ0v) is 11.7. The summed E-state index contributed by atoms with van der Waals surface area (Å²) < 4.78 is 5.26. The van der Waals surface area contributed by atoms with E-state index in [1.165, 1.54) is 0 Å². The zero-order valence-electron chi connectivity index (χ0n) is 11.7. The summed E-state index contributed by atoms with van der Waals surface area (Å²) in [7, 11) is 1.60. The van der Waals surface area contributed by atoms with E-state index in [0.29, 0.717) is 17.4 Å². The van der Waals surface area contributed by atoms with Crippen LogP contribution < -0.4 is 10.1 Å². The van der Waals surface area contributed by atoms with Gasteiger partial charge in [-0.3, -0.25) is 4.79 Å². The molecule has 0 amide bonds. The number of para-hydroxylation sites is 2. The van der Waals surface area contributed by atoms with Gasteiger partial charge in [0.15, 0.2) is 0 Å². The van der Waals surface area contributed by atoms with Gasteiger partial charge in [-0.15, -0.1) is 0 Å². The van der Waals surface area contributed by atoms with Crippen LogP contribution in [0.3, 0.4) is 0 Å². The third-order valence-electron chi connectivity index (χ3n) is 2.90. The first-order chi connectivity index (χ1) is 9.56. The van der Waals surface area contributed by atoms with Crippen molar-refractivity contribution in [2.45, 2.75) is 19.3 Å². The van der Waals surface area contributed by atoms with E-state index in [-0.39, 0.29) is 0 Å². The number of anilines is 2. The fourth-order valence-corrected chi connectivity index (χ4v) is 1.69. The lowest BCUT2D eigenvalue weighted by Gasteiger charge is -2.16. The summed E-state index contributed by atoms with van der Waals surface area (Å²) in [5, 5.41) is 3.08. The molecule has 0 aliphatic heterocycles. The van der Waals surface area contributed by atoms with Crippen molar-refractivity contribution in [3.05, 3.63) is 42.2 Å². The van der Waals surface area contributed by atoms with E-state index in [0.717, 1.165) is 5.69 Å². The smallest absolute Gasteiger partial charge is 0.227 e. The predicted octanol–water partition coefficient (Wildman–Crippen LogP) is 2.62. The van der Waals surface area contributed by atoms with Crippen molar-refractivity contribution in [3.63, 3.8) is 0 Å². The highest BCUT2D eigenvalue weighted by molar-refractivity contribution is 5.67. The normalized spacial score (nSPS) is 10.9. The second-order valence-corrected chi connectivity index (χ2v) is 4.82. The molecule has 0 saturated carbocycles. The number of benzene rings is 1. The van der Waals surface area contributed by atoms with Crippen LogP contribution in [-0.2, 0) is 10.2 Å². The highest BCUT2D eigenvalue weighted by Gasteiger charge is 2.23. The molecule has 2 aromatic rings. The van der Waals surface area contributed by atoms with E-state index in [9.17, 15) is 4.79 Å². The van der Waals surface area contributed by atoms with Gasteiger partial charge in [-0.05, 0) is 32.0 Å². The molecule has 1 radical (unpaired) electrons. The molecule has 103 valence electrons. The first kappa shape index (κ1) is 14.0. The van der Waals surface area contributed by atoms with E-state index < -0.39 is 5.41 Å². The number of nitrogens with one attached hydrogen (secondary N) is 1. The maximum Gasteiger partial charge on any atom is 0.227 e. The summed E-state index contributed by atoms with van der Waals surface area (Å²) >= 11 is 0. The average molecular weight is 270 g/mol. The molecule has 1 aromatic heterocycles. The Morgan fingerprint density at radius 2 is 2.00 bits per heavy atom. The summed E-state index contributed by atoms with van der Waals surface area (Å²) in [6.45, 7) is 3.52. The van der Waals surface area contributed by atoms with Gasteiger partial charge in [0.2, 0.25) is 12.2 Å². The van der Waals surface area contributed by atoms with E-state index in [4.69, 9.17) is 4.74 Å². The third kappa shape index (κ3) is 2.93. The first-order valence-electron chi connectivity index (χ1n) is 6.19. The van der Waals surface area contributed by atoms with Crippen LogP contribution >= 0.6 is 0 Å². The van der Waals surface area contributed by atoms with E-state index in [2.05, 4.69) is 15.3 Å². The molecular formula is C15H16N3O2. The van der Waals surface area contributed by atoms with Crippen molar-refractivity contribution in [3.8, 4) is 5.75 Å². The minimum Gasteiger partial charge on any atom is -0.495 e. The average Bonchev–Trinajstić information content (AvgIpc) is 2.48. The van der Waals surface area contributed by atoms with E-state index in [1.54, 1.807) is 33.2 Å². The van der Waals surface area contributed by atoms with Gasteiger partial charge in [0.05, 0.1) is 23.9 Å². The van der Waals surface area contributed by atoms with Gasteiger partial charge in [0, 0.05) is 6.20 Å². The highest BCUT2D eigenvalue weighted by Crippen LogP contribution is 2.26. The lowest BCUT2D eigenvalue weighted by molar-refractivity contribution is 0.417. The van der Waals surface area contributed by atoms with E-state index >= 15 is 0 Å². The van der Waals surface area contributed by atoms with Crippen molar-refractivity contribution in [2.24, 2.45) is 0 Å². The van der Waals surface area contributed by atoms with Gasteiger partial charge >= 0.3 is 0 Å². The largest absolute Gasteiger partial charge is 0.495 e. The topological polar surface area (TPSA) is 64.1 Å². The number of hydrogen-bond acceptors (Lipinski definition) is 5. The fraction of sp³-hybridized carbons (Fsp3) is 0.267. The number of ether oxygens (including phenoxy) is 1. The van der Waals surface area contributed by atoms with Crippen LogP contribution in [-0.4, -0.2) is 23.4 Å². The lowest BCUT2D eigenvalue weighted by atomic mass is 9.91. The Labute approximate surface area is 118 Å². The number of nitrogens with zero attached hydrogens (tertiary/aromatic N) is 2. The van der Waals surface area contributed by atoms with Crippen molar-refractivity contribution < 1.29 is 9.53 Å². The van der Waals surface area contributed by atoms with Crippen molar-refractivity contribution >= 4 is 17.9 Å². The Morgan fingerprint density at radius 1 is 1.25 bits per heavy atom. The zero-order chi connectivity index (χ0) is 14.6. The number of rotatable bonds is 5. The molecule has 20 heavy (non-hydrogen) atoms. The number of hydrogen-bond donors (Lipinski definition) is 1. The summed E-state index contributed by atoms with van der Waals surface area (Å²) in [5.41, 5.74) is 0.611. The quantitative estimate of drug-likeness (QED) is 0.904. The molecule has 5 nitrogen and oxygen atoms in total. The van der Waals surface area contributed by atoms with Crippen LogP contribution in [0, 0.1) is 0 Å². The lowest BCUT2D eigenvalue weighted by Crippen LogP contribution is -2.21. The maximum atomic E-state index is 11.0. The minimum atomic E-state index is -0.764.